The van der Waals surface area contributed by atoms with Crippen molar-refractivity contribution in [1.29, 1.82) is 0 Å². The lowest BCUT2D eigenvalue weighted by Crippen LogP contribution is -2.14. The first-order valence-electron chi connectivity index (χ1n) is 6.39. The van der Waals surface area contributed by atoms with Crippen LogP contribution in [0.1, 0.15) is 5.56 Å². The third-order valence-electron chi connectivity index (χ3n) is 3.18. The largest absolute Gasteiger partial charge is 0.493 e. The number of hydrogen-bond donors (Lipinski definition) is 1. The molecule has 2 aromatic carbocycles. The molecule has 0 aliphatic carbocycles. The molecule has 5 nitrogen and oxygen atoms in total. The molecule has 0 bridgehead atoms. The van der Waals surface area contributed by atoms with Gasteiger partial charge in [-0.2, -0.15) is 0 Å². The van der Waals surface area contributed by atoms with Crippen LogP contribution in [0.2, 0.25) is 5.02 Å². The first kappa shape index (κ1) is 16.5. The summed E-state index contributed by atoms with van der Waals surface area (Å²) in [6.45, 7) is 1.74. The fraction of sp³-hybridized carbons (Fsp3) is 0.200. The molecule has 2 aromatic rings. The molecule has 7 heteroatoms. The molecule has 0 saturated carbocycles. The van der Waals surface area contributed by atoms with E-state index in [0.717, 1.165) is 0 Å². The molecule has 0 amide bonds. The summed E-state index contributed by atoms with van der Waals surface area (Å²) >= 11 is 6.00. The summed E-state index contributed by atoms with van der Waals surface area (Å²) in [6.07, 6.45) is 0. The second kappa shape index (κ2) is 6.46. The Hall–Kier alpha value is -1.92. The van der Waals surface area contributed by atoms with Crippen LogP contribution in [0, 0.1) is 6.92 Å². The number of rotatable bonds is 5. The molecule has 118 valence electrons. The Morgan fingerprint density at radius 1 is 1.05 bits per heavy atom. The topological polar surface area (TPSA) is 64.6 Å². The zero-order valence-corrected chi connectivity index (χ0v) is 14.0. The maximum Gasteiger partial charge on any atom is 0.262 e. The number of methoxy groups -OCH3 is 2. The van der Waals surface area contributed by atoms with Crippen molar-refractivity contribution < 1.29 is 17.9 Å². The molecule has 0 atom stereocenters. The van der Waals surface area contributed by atoms with Gasteiger partial charge in [0.25, 0.3) is 10.0 Å². The van der Waals surface area contributed by atoms with Gasteiger partial charge in [0.05, 0.1) is 24.8 Å². The number of benzene rings is 2. The van der Waals surface area contributed by atoms with Crippen molar-refractivity contribution in [3.8, 4) is 11.5 Å². The summed E-state index contributed by atoms with van der Waals surface area (Å²) in [7, 11) is -0.821. The SMILES string of the molecule is COc1ccc(S(=O)(=O)Nc2cccc(Cl)c2C)cc1OC. The van der Waals surface area contributed by atoms with Crippen LogP contribution >= 0.6 is 11.6 Å². The minimum absolute atomic E-state index is 0.0736. The van der Waals surface area contributed by atoms with Crippen molar-refractivity contribution in [2.24, 2.45) is 0 Å². The lowest BCUT2D eigenvalue weighted by molar-refractivity contribution is 0.354. The van der Waals surface area contributed by atoms with Crippen LogP contribution in [0.15, 0.2) is 41.3 Å². The summed E-state index contributed by atoms with van der Waals surface area (Å²) in [5, 5.41) is 0.493. The van der Waals surface area contributed by atoms with E-state index in [0.29, 0.717) is 27.8 Å². The highest BCUT2D eigenvalue weighted by Crippen LogP contribution is 2.31. The second-order valence-electron chi connectivity index (χ2n) is 4.53. The van der Waals surface area contributed by atoms with Crippen LogP contribution in [0.5, 0.6) is 11.5 Å². The molecule has 0 aliphatic heterocycles. The van der Waals surface area contributed by atoms with Crippen molar-refractivity contribution in [2.45, 2.75) is 11.8 Å². The maximum absolute atomic E-state index is 12.5. The van der Waals surface area contributed by atoms with E-state index in [4.69, 9.17) is 21.1 Å². The fourth-order valence-corrected chi connectivity index (χ4v) is 3.22. The summed E-state index contributed by atoms with van der Waals surface area (Å²) < 4.78 is 37.7. The average molecular weight is 342 g/mol. The Balaban J connectivity index is 2.40. The van der Waals surface area contributed by atoms with Gasteiger partial charge in [0.2, 0.25) is 0 Å². The van der Waals surface area contributed by atoms with Gasteiger partial charge in [-0.1, -0.05) is 17.7 Å². The van der Waals surface area contributed by atoms with Gasteiger partial charge in [0.1, 0.15) is 0 Å². The molecule has 0 saturated heterocycles. The lowest BCUT2D eigenvalue weighted by Gasteiger charge is -2.13. The number of halogens is 1. The summed E-state index contributed by atoms with van der Waals surface area (Å²) in [5.41, 5.74) is 1.09. The van der Waals surface area contributed by atoms with Gasteiger partial charge >= 0.3 is 0 Å². The number of nitrogens with one attached hydrogen (secondary N) is 1. The smallest absolute Gasteiger partial charge is 0.262 e. The summed E-state index contributed by atoms with van der Waals surface area (Å²) in [6, 6.07) is 9.43. The molecule has 0 radical (unpaired) electrons. The second-order valence-corrected chi connectivity index (χ2v) is 6.62. The molecule has 22 heavy (non-hydrogen) atoms. The Labute approximate surface area is 134 Å². The van der Waals surface area contributed by atoms with Crippen LogP contribution in [0.3, 0.4) is 0 Å². The van der Waals surface area contributed by atoms with Crippen LogP contribution in [0.4, 0.5) is 5.69 Å². The number of sulfonamides is 1. The normalized spacial score (nSPS) is 11.1. The molecule has 0 unspecified atom stereocenters. The van der Waals surface area contributed by atoms with Crippen molar-refractivity contribution in [1.82, 2.24) is 0 Å². The molecule has 2 rings (SSSR count). The fourth-order valence-electron chi connectivity index (χ4n) is 1.91. The number of hydrogen-bond acceptors (Lipinski definition) is 4. The van der Waals surface area contributed by atoms with Gasteiger partial charge in [-0.25, -0.2) is 8.42 Å². The van der Waals surface area contributed by atoms with Crippen LogP contribution in [0.25, 0.3) is 0 Å². The predicted octanol–water partition coefficient (Wildman–Crippen LogP) is 3.47. The zero-order chi connectivity index (χ0) is 16.3. The monoisotopic (exact) mass is 341 g/mol. The Bertz CT molecular complexity index is 790. The van der Waals surface area contributed by atoms with Crippen molar-refractivity contribution in [2.75, 3.05) is 18.9 Å². The molecule has 0 fully saturated rings. The molecular weight excluding hydrogens is 326 g/mol. The van der Waals surface area contributed by atoms with Crippen LogP contribution in [-0.4, -0.2) is 22.6 Å². The van der Waals surface area contributed by atoms with E-state index in [1.54, 1.807) is 25.1 Å². The minimum atomic E-state index is -3.75. The van der Waals surface area contributed by atoms with Gasteiger partial charge < -0.3 is 9.47 Å². The van der Waals surface area contributed by atoms with Gasteiger partial charge in [-0.05, 0) is 36.8 Å². The molecule has 0 aliphatic rings. The van der Waals surface area contributed by atoms with Gasteiger partial charge in [-0.15, -0.1) is 0 Å². The van der Waals surface area contributed by atoms with Gasteiger partial charge in [0, 0.05) is 11.1 Å². The van der Waals surface area contributed by atoms with E-state index in [-0.39, 0.29) is 4.90 Å². The first-order valence-corrected chi connectivity index (χ1v) is 8.25. The molecular formula is C15H16ClNO4S. The van der Waals surface area contributed by atoms with E-state index in [1.165, 1.54) is 32.4 Å². The summed E-state index contributed by atoms with van der Waals surface area (Å²) in [5.74, 6) is 0.800. The number of ether oxygens (including phenoxy) is 2. The Morgan fingerprint density at radius 2 is 1.73 bits per heavy atom. The molecule has 0 aromatic heterocycles. The molecule has 1 N–H and O–H groups in total. The van der Waals surface area contributed by atoms with E-state index >= 15 is 0 Å². The van der Waals surface area contributed by atoms with Crippen LogP contribution in [-0.2, 0) is 10.0 Å². The predicted molar refractivity (Wildman–Crippen MR) is 86.5 cm³/mol. The third kappa shape index (κ3) is 3.28. The first-order chi connectivity index (χ1) is 10.4. The number of anilines is 1. The van der Waals surface area contributed by atoms with Crippen molar-refractivity contribution in [3.63, 3.8) is 0 Å². The molecule has 0 heterocycles. The average Bonchev–Trinajstić information content (AvgIpc) is 2.51. The maximum atomic E-state index is 12.5. The lowest BCUT2D eigenvalue weighted by atomic mass is 10.2. The standard InChI is InChI=1S/C15H16ClNO4S/c1-10-12(16)5-4-6-13(10)17-22(18,19)11-7-8-14(20-2)15(9-11)21-3/h4-9,17H,1-3H3. The highest BCUT2D eigenvalue weighted by atomic mass is 35.5. The minimum Gasteiger partial charge on any atom is -0.493 e. The Kier molecular flexibility index (Phi) is 4.83. The third-order valence-corrected chi connectivity index (χ3v) is 4.95. The quantitative estimate of drug-likeness (QED) is 0.904. The highest BCUT2D eigenvalue weighted by Gasteiger charge is 2.18. The molecule has 0 spiro atoms. The van der Waals surface area contributed by atoms with Crippen molar-refractivity contribution >= 4 is 27.3 Å². The van der Waals surface area contributed by atoms with E-state index in [1.807, 2.05) is 0 Å². The van der Waals surface area contributed by atoms with Crippen LogP contribution < -0.4 is 14.2 Å². The van der Waals surface area contributed by atoms with Gasteiger partial charge in [-0.3, -0.25) is 4.72 Å². The van der Waals surface area contributed by atoms with E-state index in [9.17, 15) is 8.42 Å². The zero-order valence-electron chi connectivity index (χ0n) is 12.4. The summed E-state index contributed by atoms with van der Waals surface area (Å²) in [4.78, 5) is 0.0736. The van der Waals surface area contributed by atoms with Gasteiger partial charge in [0.15, 0.2) is 11.5 Å². The van der Waals surface area contributed by atoms with Crippen molar-refractivity contribution in [3.05, 3.63) is 47.0 Å². The van der Waals surface area contributed by atoms with E-state index in [2.05, 4.69) is 4.72 Å². The highest BCUT2D eigenvalue weighted by molar-refractivity contribution is 7.92. The Morgan fingerprint density at radius 3 is 2.36 bits per heavy atom. The van der Waals surface area contributed by atoms with E-state index < -0.39 is 10.0 Å².